The second-order valence-electron chi connectivity index (χ2n) is 5.30. The maximum Gasteiger partial charge on any atom is 0.176 e. The minimum atomic E-state index is 0.271. The normalized spacial score (nSPS) is 17.2. The Balaban J connectivity index is 2.35. The Morgan fingerprint density at radius 1 is 1.12 bits per heavy atom. The molecule has 0 spiro atoms. The summed E-state index contributed by atoms with van der Waals surface area (Å²) in [6.45, 7) is 2.21. The van der Waals surface area contributed by atoms with Crippen molar-refractivity contribution in [1.29, 1.82) is 0 Å². The highest BCUT2D eigenvalue weighted by molar-refractivity contribution is 5.80. The fraction of sp³-hybridized carbons (Fsp3) is 0.538. The number of nitrogen functional groups attached to an aromatic ring is 1. The molecule has 4 N–H and O–H groups in total. The van der Waals surface area contributed by atoms with Crippen LogP contribution >= 0.6 is 0 Å². The van der Waals surface area contributed by atoms with Gasteiger partial charge in [-0.05, 0) is 25.3 Å². The second-order valence-corrected chi connectivity index (χ2v) is 5.30. The Hall–Kier alpha value is -1.26. The van der Waals surface area contributed by atoms with Crippen molar-refractivity contribution in [3.63, 3.8) is 0 Å². The van der Waals surface area contributed by atoms with Crippen LogP contribution in [-0.2, 0) is 0 Å². The zero-order valence-corrected chi connectivity index (χ0v) is 10.8. The first kappa shape index (κ1) is 12.2. The Morgan fingerprint density at radius 3 is 2.35 bits per heavy atom. The van der Waals surface area contributed by atoms with Crippen molar-refractivity contribution in [1.82, 2.24) is 4.59 Å². The molecule has 1 saturated heterocycles. The van der Waals surface area contributed by atoms with Crippen LogP contribution in [0.25, 0.3) is 0 Å². The van der Waals surface area contributed by atoms with E-state index >= 15 is 0 Å². The van der Waals surface area contributed by atoms with E-state index in [1.807, 2.05) is 26.2 Å². The zero-order valence-electron chi connectivity index (χ0n) is 10.8. The van der Waals surface area contributed by atoms with Gasteiger partial charge in [-0.25, -0.2) is 4.59 Å². The summed E-state index contributed by atoms with van der Waals surface area (Å²) in [5.74, 6) is 6.10. The summed E-state index contributed by atoms with van der Waals surface area (Å²) in [6.07, 6.45) is 3.84. The van der Waals surface area contributed by atoms with E-state index in [2.05, 4.69) is 11.0 Å². The van der Waals surface area contributed by atoms with E-state index in [4.69, 9.17) is 11.6 Å². The largest absolute Gasteiger partial charge is 0.392 e. The molecule has 0 aromatic heterocycles. The van der Waals surface area contributed by atoms with E-state index in [9.17, 15) is 0 Å². The molecule has 4 heteroatoms. The van der Waals surface area contributed by atoms with Gasteiger partial charge in [-0.3, -0.25) is 0 Å². The Labute approximate surface area is 103 Å². The quantitative estimate of drug-likeness (QED) is 0.355. The van der Waals surface area contributed by atoms with Crippen molar-refractivity contribution in [3.8, 4) is 0 Å². The van der Waals surface area contributed by atoms with Gasteiger partial charge in [-0.1, -0.05) is 6.07 Å². The minimum absolute atomic E-state index is 0.271. The zero-order chi connectivity index (χ0) is 12.5. The fourth-order valence-corrected chi connectivity index (χ4v) is 2.45. The number of para-hydroxylation sites is 1. The monoisotopic (exact) mass is 235 g/mol. The van der Waals surface area contributed by atoms with Crippen LogP contribution in [0.3, 0.4) is 0 Å². The Morgan fingerprint density at radius 2 is 1.76 bits per heavy atom. The highest BCUT2D eigenvalue weighted by atomic mass is 15.5. The molecular weight excluding hydrogens is 212 g/mol. The van der Waals surface area contributed by atoms with Gasteiger partial charge < -0.3 is 10.6 Å². The molecule has 1 fully saturated rings. The third-order valence-corrected chi connectivity index (χ3v) is 3.38. The average Bonchev–Trinajstić information content (AvgIpc) is 2.29. The van der Waals surface area contributed by atoms with Gasteiger partial charge in [0.05, 0.1) is 19.8 Å². The van der Waals surface area contributed by atoms with Crippen molar-refractivity contribution < 1.29 is 0 Å². The van der Waals surface area contributed by atoms with E-state index in [1.165, 1.54) is 19.3 Å². The summed E-state index contributed by atoms with van der Waals surface area (Å²) >= 11 is 0. The highest BCUT2D eigenvalue weighted by Gasteiger charge is 2.22. The van der Waals surface area contributed by atoms with Gasteiger partial charge in [0, 0.05) is 19.2 Å². The molecule has 1 aromatic carbocycles. The van der Waals surface area contributed by atoms with Crippen LogP contribution in [0.1, 0.15) is 19.3 Å². The molecule has 0 bridgehead atoms. The van der Waals surface area contributed by atoms with Gasteiger partial charge in [0.2, 0.25) is 0 Å². The standard InChI is InChI=1S/C13H23N4/c1-17(2,15)12-8-6-7-11(13(12)14)16-9-4-3-5-10-16/h6-8H,3-5,9-10,14-15H2,1-2H3/q+1. The van der Waals surface area contributed by atoms with Crippen LogP contribution < -0.4 is 21.1 Å². The number of benzene rings is 1. The first-order chi connectivity index (χ1) is 8.00. The first-order valence-corrected chi connectivity index (χ1v) is 6.26. The molecule has 1 aromatic rings. The van der Waals surface area contributed by atoms with Crippen LogP contribution in [-0.4, -0.2) is 27.2 Å². The van der Waals surface area contributed by atoms with Gasteiger partial charge >= 0.3 is 0 Å². The van der Waals surface area contributed by atoms with Crippen molar-refractivity contribution in [2.45, 2.75) is 19.3 Å². The lowest BCUT2D eigenvalue weighted by atomic mass is 10.1. The molecule has 4 nitrogen and oxygen atoms in total. The molecule has 0 saturated carbocycles. The molecule has 1 aliphatic heterocycles. The molecule has 17 heavy (non-hydrogen) atoms. The van der Waals surface area contributed by atoms with E-state index in [0.29, 0.717) is 0 Å². The predicted molar refractivity (Wildman–Crippen MR) is 74.7 cm³/mol. The molecule has 1 heterocycles. The second kappa shape index (κ2) is 4.55. The summed E-state index contributed by atoms with van der Waals surface area (Å²) in [5, 5.41) is 0. The Bertz CT molecular complexity index is 389. The van der Waals surface area contributed by atoms with Gasteiger partial charge in [0.1, 0.15) is 5.69 Å². The SMILES string of the molecule is C[N+](C)(N)c1cccc(N2CCCCC2)c1N. The Kier molecular flexibility index (Phi) is 3.26. The highest BCUT2D eigenvalue weighted by Crippen LogP contribution is 2.34. The predicted octanol–water partition coefficient (Wildman–Crippen LogP) is 1.70. The molecular formula is C13H23N4+. The third kappa shape index (κ3) is 2.53. The molecule has 0 aliphatic carbocycles. The molecule has 0 atom stereocenters. The van der Waals surface area contributed by atoms with Gasteiger partial charge in [-0.15, -0.1) is 0 Å². The molecule has 0 amide bonds. The maximum atomic E-state index is 6.26. The summed E-state index contributed by atoms with van der Waals surface area (Å²) in [7, 11) is 3.87. The lowest BCUT2D eigenvalue weighted by Gasteiger charge is -2.31. The van der Waals surface area contributed by atoms with Gasteiger partial charge in [-0.2, -0.15) is 5.84 Å². The summed E-state index contributed by atoms with van der Waals surface area (Å²) in [4.78, 5) is 2.37. The molecule has 0 radical (unpaired) electrons. The average molecular weight is 235 g/mol. The van der Waals surface area contributed by atoms with E-state index in [0.717, 1.165) is 30.2 Å². The number of quaternary nitrogens is 1. The molecule has 1 aliphatic rings. The van der Waals surface area contributed by atoms with E-state index in [-0.39, 0.29) is 4.59 Å². The lowest BCUT2D eigenvalue weighted by Crippen LogP contribution is -2.48. The van der Waals surface area contributed by atoms with Gasteiger partial charge in [0.25, 0.3) is 0 Å². The van der Waals surface area contributed by atoms with Crippen LogP contribution in [0, 0.1) is 0 Å². The van der Waals surface area contributed by atoms with Crippen LogP contribution in [0.4, 0.5) is 17.1 Å². The van der Waals surface area contributed by atoms with Crippen molar-refractivity contribution in [2.24, 2.45) is 5.84 Å². The van der Waals surface area contributed by atoms with Crippen LogP contribution in [0.15, 0.2) is 18.2 Å². The fourth-order valence-electron chi connectivity index (χ4n) is 2.45. The summed E-state index contributed by atoms with van der Waals surface area (Å²) in [5.41, 5.74) is 9.20. The number of piperidine rings is 1. The topological polar surface area (TPSA) is 55.3 Å². The van der Waals surface area contributed by atoms with E-state index in [1.54, 1.807) is 0 Å². The number of nitrogens with two attached hydrogens (primary N) is 2. The smallest absolute Gasteiger partial charge is 0.176 e. The first-order valence-electron chi connectivity index (χ1n) is 6.26. The van der Waals surface area contributed by atoms with Crippen molar-refractivity contribution >= 4 is 17.1 Å². The van der Waals surface area contributed by atoms with Crippen molar-refractivity contribution in [2.75, 3.05) is 37.8 Å². The third-order valence-electron chi connectivity index (χ3n) is 3.38. The number of hydrogen-bond donors (Lipinski definition) is 2. The number of nitrogens with zero attached hydrogens (tertiary/aromatic N) is 2. The molecule has 2 rings (SSSR count). The van der Waals surface area contributed by atoms with E-state index < -0.39 is 0 Å². The van der Waals surface area contributed by atoms with Crippen LogP contribution in [0.5, 0.6) is 0 Å². The number of anilines is 2. The molecule has 0 unspecified atom stereocenters. The van der Waals surface area contributed by atoms with Crippen molar-refractivity contribution in [3.05, 3.63) is 18.2 Å². The van der Waals surface area contributed by atoms with Crippen LogP contribution in [0.2, 0.25) is 0 Å². The lowest BCUT2D eigenvalue weighted by molar-refractivity contribution is 0.420. The summed E-state index contributed by atoms with van der Waals surface area (Å²) < 4.78 is 0.271. The summed E-state index contributed by atoms with van der Waals surface area (Å²) in [6, 6.07) is 6.14. The van der Waals surface area contributed by atoms with Gasteiger partial charge in [0.15, 0.2) is 5.69 Å². The number of hydrogen-bond acceptors (Lipinski definition) is 3. The maximum absolute atomic E-state index is 6.26. The molecule has 94 valence electrons. The number of rotatable bonds is 2. The minimum Gasteiger partial charge on any atom is -0.392 e.